The first kappa shape index (κ1) is 18.0. The van der Waals surface area contributed by atoms with Crippen LogP contribution in [0.4, 0.5) is 0 Å². The van der Waals surface area contributed by atoms with Crippen molar-refractivity contribution in [3.63, 3.8) is 0 Å². The molecule has 1 aromatic carbocycles. The molecule has 1 heterocycles. The Labute approximate surface area is 141 Å². The smallest absolute Gasteiger partial charge is 0.326 e. The number of benzene rings is 1. The number of rotatable bonds is 6. The van der Waals surface area contributed by atoms with Crippen LogP contribution in [-0.4, -0.2) is 47.4 Å². The minimum Gasteiger partial charge on any atom is -0.497 e. The maximum Gasteiger partial charge on any atom is 0.326 e. The van der Waals surface area contributed by atoms with E-state index in [1.165, 1.54) is 4.90 Å². The summed E-state index contributed by atoms with van der Waals surface area (Å²) in [6.45, 7) is 2.43. The van der Waals surface area contributed by atoms with Crippen LogP contribution in [0.25, 0.3) is 0 Å². The van der Waals surface area contributed by atoms with Crippen molar-refractivity contribution in [1.29, 1.82) is 0 Å². The predicted octanol–water partition coefficient (Wildman–Crippen LogP) is 2.37. The molecule has 1 fully saturated rings. The molecule has 130 valence electrons. The number of aliphatic carboxylic acids is 1. The van der Waals surface area contributed by atoms with Crippen LogP contribution in [0, 0.1) is 5.92 Å². The summed E-state index contributed by atoms with van der Waals surface area (Å²) in [6, 6.07) is 5.93. The number of Topliss-reactive ketones (excluding diaryl/α,β-unsaturated/α-hetero) is 1. The second-order valence-electron chi connectivity index (χ2n) is 6.22. The van der Waals surface area contributed by atoms with Crippen LogP contribution in [0.5, 0.6) is 5.75 Å². The second kappa shape index (κ2) is 7.95. The SMILES string of the molecule is COc1ccc(C(=O)CCC(=O)N2CCC(C)CC2C(=O)O)cc1. The molecule has 0 aliphatic carbocycles. The molecule has 6 heteroatoms. The fourth-order valence-corrected chi connectivity index (χ4v) is 2.96. The normalized spacial score (nSPS) is 20.5. The molecular weight excluding hydrogens is 310 g/mol. The Balaban J connectivity index is 1.93. The van der Waals surface area contributed by atoms with Gasteiger partial charge in [-0.05, 0) is 43.0 Å². The molecule has 0 bridgehead atoms. The lowest BCUT2D eigenvalue weighted by molar-refractivity contribution is -0.153. The fraction of sp³-hybridized carbons (Fsp3) is 0.500. The topological polar surface area (TPSA) is 83.9 Å². The third kappa shape index (κ3) is 4.34. The number of hydrogen-bond donors (Lipinski definition) is 1. The van der Waals surface area contributed by atoms with Crippen molar-refractivity contribution in [2.24, 2.45) is 5.92 Å². The molecule has 1 saturated heterocycles. The van der Waals surface area contributed by atoms with Crippen LogP contribution in [0.2, 0.25) is 0 Å². The first-order valence-electron chi connectivity index (χ1n) is 8.12. The molecule has 1 amide bonds. The number of amides is 1. The van der Waals surface area contributed by atoms with Crippen molar-refractivity contribution in [3.05, 3.63) is 29.8 Å². The van der Waals surface area contributed by atoms with Gasteiger partial charge >= 0.3 is 5.97 Å². The average molecular weight is 333 g/mol. The molecule has 1 N–H and O–H groups in total. The van der Waals surface area contributed by atoms with Gasteiger partial charge in [0.2, 0.25) is 5.91 Å². The van der Waals surface area contributed by atoms with Crippen molar-refractivity contribution < 1.29 is 24.2 Å². The number of likely N-dealkylation sites (tertiary alicyclic amines) is 1. The lowest BCUT2D eigenvalue weighted by atomic mass is 9.92. The van der Waals surface area contributed by atoms with Crippen LogP contribution < -0.4 is 4.74 Å². The summed E-state index contributed by atoms with van der Waals surface area (Å²) in [6.07, 6.45) is 1.36. The highest BCUT2D eigenvalue weighted by Crippen LogP contribution is 2.24. The molecule has 0 spiro atoms. The van der Waals surface area contributed by atoms with Crippen LogP contribution >= 0.6 is 0 Å². The van der Waals surface area contributed by atoms with Gasteiger partial charge in [0, 0.05) is 24.9 Å². The highest BCUT2D eigenvalue weighted by Gasteiger charge is 2.34. The summed E-state index contributed by atoms with van der Waals surface area (Å²) in [4.78, 5) is 37.3. The van der Waals surface area contributed by atoms with Crippen LogP contribution in [0.3, 0.4) is 0 Å². The molecule has 0 aromatic heterocycles. The predicted molar refractivity (Wildman–Crippen MR) is 88.1 cm³/mol. The van der Waals surface area contributed by atoms with E-state index in [1.54, 1.807) is 31.4 Å². The Morgan fingerprint density at radius 1 is 1.21 bits per heavy atom. The van der Waals surface area contributed by atoms with E-state index in [-0.39, 0.29) is 30.4 Å². The molecule has 1 aromatic rings. The molecular formula is C18H23NO5. The molecule has 1 aliphatic rings. The number of methoxy groups -OCH3 is 1. The number of nitrogens with zero attached hydrogens (tertiary/aromatic N) is 1. The number of carbonyl (C=O) groups excluding carboxylic acids is 2. The zero-order valence-electron chi connectivity index (χ0n) is 14.0. The minimum absolute atomic E-state index is 0.0308. The quantitative estimate of drug-likeness (QED) is 0.808. The summed E-state index contributed by atoms with van der Waals surface area (Å²) in [7, 11) is 1.55. The lowest BCUT2D eigenvalue weighted by Crippen LogP contribution is -2.49. The monoisotopic (exact) mass is 333 g/mol. The molecule has 6 nitrogen and oxygen atoms in total. The van der Waals surface area contributed by atoms with Gasteiger partial charge in [-0.25, -0.2) is 4.79 Å². The largest absolute Gasteiger partial charge is 0.497 e. The maximum atomic E-state index is 12.3. The zero-order chi connectivity index (χ0) is 17.7. The van der Waals surface area contributed by atoms with Crippen LogP contribution in [-0.2, 0) is 9.59 Å². The third-order valence-corrected chi connectivity index (χ3v) is 4.45. The highest BCUT2D eigenvalue weighted by atomic mass is 16.5. The molecule has 24 heavy (non-hydrogen) atoms. The lowest BCUT2D eigenvalue weighted by Gasteiger charge is -2.36. The molecule has 2 unspecified atom stereocenters. The maximum absolute atomic E-state index is 12.3. The van der Waals surface area contributed by atoms with E-state index in [0.29, 0.717) is 24.3 Å². The summed E-state index contributed by atoms with van der Waals surface area (Å²) in [5.41, 5.74) is 0.519. The van der Waals surface area contributed by atoms with Crippen molar-refractivity contribution in [3.8, 4) is 5.75 Å². The van der Waals surface area contributed by atoms with E-state index >= 15 is 0 Å². The first-order chi connectivity index (χ1) is 11.4. The van der Waals surface area contributed by atoms with E-state index < -0.39 is 12.0 Å². The van der Waals surface area contributed by atoms with E-state index in [1.807, 2.05) is 6.92 Å². The van der Waals surface area contributed by atoms with Gasteiger partial charge in [-0.15, -0.1) is 0 Å². The van der Waals surface area contributed by atoms with Crippen LogP contribution in [0.15, 0.2) is 24.3 Å². The fourth-order valence-electron chi connectivity index (χ4n) is 2.96. The number of carboxylic acid groups (broad SMARTS) is 1. The molecule has 0 radical (unpaired) electrons. The number of ketones is 1. The number of ether oxygens (including phenoxy) is 1. The number of carbonyl (C=O) groups is 3. The standard InChI is InChI=1S/C18H23NO5/c1-12-9-10-19(15(11-12)18(22)23)17(21)8-7-16(20)13-3-5-14(24-2)6-4-13/h3-6,12,15H,7-11H2,1-2H3,(H,22,23). The summed E-state index contributed by atoms with van der Waals surface area (Å²) in [5, 5.41) is 9.31. The highest BCUT2D eigenvalue weighted by molar-refractivity contribution is 5.98. The van der Waals surface area contributed by atoms with Crippen molar-refractivity contribution >= 4 is 17.7 Å². The van der Waals surface area contributed by atoms with Gasteiger partial charge in [-0.2, -0.15) is 0 Å². The Morgan fingerprint density at radius 3 is 2.46 bits per heavy atom. The Hall–Kier alpha value is -2.37. The van der Waals surface area contributed by atoms with E-state index in [4.69, 9.17) is 4.74 Å². The van der Waals surface area contributed by atoms with Gasteiger partial charge in [0.15, 0.2) is 5.78 Å². The van der Waals surface area contributed by atoms with E-state index in [0.717, 1.165) is 6.42 Å². The molecule has 2 atom stereocenters. The molecule has 2 rings (SSSR count). The van der Waals surface area contributed by atoms with Gasteiger partial charge in [0.25, 0.3) is 0 Å². The van der Waals surface area contributed by atoms with Crippen molar-refractivity contribution in [2.45, 2.75) is 38.6 Å². The summed E-state index contributed by atoms with van der Waals surface area (Å²) >= 11 is 0. The Morgan fingerprint density at radius 2 is 1.88 bits per heavy atom. The Bertz CT molecular complexity index is 610. The number of carboxylic acids is 1. The minimum atomic E-state index is -0.976. The van der Waals surface area contributed by atoms with Gasteiger partial charge < -0.3 is 14.7 Å². The number of piperidine rings is 1. The molecule has 0 saturated carbocycles. The van der Waals surface area contributed by atoms with Crippen molar-refractivity contribution in [2.75, 3.05) is 13.7 Å². The summed E-state index contributed by atoms with van der Waals surface area (Å²) in [5.74, 6) is -0.429. The zero-order valence-corrected chi connectivity index (χ0v) is 14.0. The van der Waals surface area contributed by atoms with Crippen molar-refractivity contribution in [1.82, 2.24) is 4.90 Å². The van der Waals surface area contributed by atoms with Gasteiger partial charge in [0.05, 0.1) is 7.11 Å². The van der Waals surface area contributed by atoms with Gasteiger partial charge in [-0.3, -0.25) is 9.59 Å². The van der Waals surface area contributed by atoms with Gasteiger partial charge in [0.1, 0.15) is 11.8 Å². The second-order valence-corrected chi connectivity index (χ2v) is 6.22. The number of hydrogen-bond acceptors (Lipinski definition) is 4. The third-order valence-electron chi connectivity index (χ3n) is 4.45. The van der Waals surface area contributed by atoms with Crippen LogP contribution in [0.1, 0.15) is 43.0 Å². The van der Waals surface area contributed by atoms with Gasteiger partial charge in [-0.1, -0.05) is 6.92 Å². The Kier molecular flexibility index (Phi) is 5.95. The average Bonchev–Trinajstić information content (AvgIpc) is 2.59. The summed E-state index contributed by atoms with van der Waals surface area (Å²) < 4.78 is 5.04. The molecule has 1 aliphatic heterocycles. The van der Waals surface area contributed by atoms with E-state index in [9.17, 15) is 19.5 Å². The first-order valence-corrected chi connectivity index (χ1v) is 8.12. The van der Waals surface area contributed by atoms with E-state index in [2.05, 4.69) is 0 Å².